The molecule has 0 saturated heterocycles. The second kappa shape index (κ2) is 11.3. The van der Waals surface area contributed by atoms with Crippen LogP contribution in [0.5, 0.6) is 0 Å². The predicted molar refractivity (Wildman–Crippen MR) is 93.3 cm³/mol. The van der Waals surface area contributed by atoms with Crippen LogP contribution >= 0.6 is 24.0 Å². The van der Waals surface area contributed by atoms with Gasteiger partial charge in [0, 0.05) is 20.1 Å². The van der Waals surface area contributed by atoms with Crippen molar-refractivity contribution in [1.82, 2.24) is 16.0 Å². The number of carbonyl (C=O) groups is 1. The van der Waals surface area contributed by atoms with Crippen LogP contribution < -0.4 is 16.0 Å². The highest BCUT2D eigenvalue weighted by Crippen LogP contribution is 2.02. The summed E-state index contributed by atoms with van der Waals surface area (Å²) in [6.07, 6.45) is 0.901. The van der Waals surface area contributed by atoms with Gasteiger partial charge in [-0.3, -0.25) is 9.79 Å². The van der Waals surface area contributed by atoms with Crippen LogP contribution in [0.15, 0.2) is 29.3 Å². The maximum Gasteiger partial charge on any atom is 0.239 e. The van der Waals surface area contributed by atoms with E-state index in [-0.39, 0.29) is 42.2 Å². The fraction of sp³-hybridized carbons (Fsp3) is 0.429. The van der Waals surface area contributed by atoms with Crippen molar-refractivity contribution in [2.45, 2.75) is 19.9 Å². The molecule has 118 valence electrons. The molecule has 1 aromatic rings. The van der Waals surface area contributed by atoms with Gasteiger partial charge in [0.05, 0.1) is 6.54 Å². The Labute approximate surface area is 141 Å². The molecule has 0 aliphatic rings. The third kappa shape index (κ3) is 8.49. The SMILES string of the molecule is CCCNC(=O)CNC(=NC)NCc1cccc(F)c1.I. The minimum Gasteiger partial charge on any atom is -0.355 e. The lowest BCUT2D eigenvalue weighted by Gasteiger charge is -2.12. The van der Waals surface area contributed by atoms with Gasteiger partial charge < -0.3 is 16.0 Å². The molecule has 0 bridgehead atoms. The van der Waals surface area contributed by atoms with E-state index in [1.807, 2.05) is 13.0 Å². The molecule has 0 aliphatic heterocycles. The number of guanidine groups is 1. The van der Waals surface area contributed by atoms with Gasteiger partial charge in [0.2, 0.25) is 5.91 Å². The molecule has 0 fully saturated rings. The van der Waals surface area contributed by atoms with Crippen LogP contribution in [-0.4, -0.2) is 32.0 Å². The Morgan fingerprint density at radius 3 is 2.67 bits per heavy atom. The average molecular weight is 408 g/mol. The zero-order valence-corrected chi connectivity index (χ0v) is 14.6. The second-order valence-electron chi connectivity index (χ2n) is 4.26. The quantitative estimate of drug-likeness (QED) is 0.381. The number of carbonyl (C=O) groups excluding carboxylic acids is 1. The molecular weight excluding hydrogens is 386 g/mol. The maximum atomic E-state index is 13.0. The van der Waals surface area contributed by atoms with Gasteiger partial charge in [-0.25, -0.2) is 4.39 Å². The molecule has 0 unspecified atom stereocenters. The fourth-order valence-electron chi connectivity index (χ4n) is 1.54. The molecule has 3 N–H and O–H groups in total. The monoisotopic (exact) mass is 408 g/mol. The number of aliphatic imine (C=N–C) groups is 1. The Balaban J connectivity index is 0.00000400. The van der Waals surface area contributed by atoms with Crippen molar-refractivity contribution in [3.8, 4) is 0 Å². The van der Waals surface area contributed by atoms with E-state index in [1.54, 1.807) is 13.1 Å². The van der Waals surface area contributed by atoms with Crippen molar-refractivity contribution in [2.75, 3.05) is 20.1 Å². The zero-order chi connectivity index (χ0) is 14.8. The largest absolute Gasteiger partial charge is 0.355 e. The molecule has 1 amide bonds. The van der Waals surface area contributed by atoms with Crippen molar-refractivity contribution in [2.24, 2.45) is 4.99 Å². The van der Waals surface area contributed by atoms with Crippen LogP contribution in [0.2, 0.25) is 0 Å². The molecule has 7 heteroatoms. The topological polar surface area (TPSA) is 65.5 Å². The molecule has 0 aromatic heterocycles. The van der Waals surface area contributed by atoms with Crippen LogP contribution in [0.3, 0.4) is 0 Å². The average Bonchev–Trinajstić information content (AvgIpc) is 2.45. The van der Waals surface area contributed by atoms with Crippen molar-refractivity contribution >= 4 is 35.8 Å². The van der Waals surface area contributed by atoms with Crippen molar-refractivity contribution in [3.63, 3.8) is 0 Å². The third-order valence-corrected chi connectivity index (χ3v) is 2.56. The van der Waals surface area contributed by atoms with E-state index in [9.17, 15) is 9.18 Å². The van der Waals surface area contributed by atoms with Gasteiger partial charge in [0.25, 0.3) is 0 Å². The van der Waals surface area contributed by atoms with E-state index in [4.69, 9.17) is 0 Å². The summed E-state index contributed by atoms with van der Waals surface area (Å²) in [5.41, 5.74) is 0.809. The number of amides is 1. The molecule has 0 atom stereocenters. The molecule has 0 aliphatic carbocycles. The van der Waals surface area contributed by atoms with Gasteiger partial charge in [-0.2, -0.15) is 0 Å². The van der Waals surface area contributed by atoms with E-state index in [1.165, 1.54) is 12.1 Å². The van der Waals surface area contributed by atoms with Crippen molar-refractivity contribution in [3.05, 3.63) is 35.6 Å². The highest BCUT2D eigenvalue weighted by Gasteiger charge is 2.03. The Morgan fingerprint density at radius 2 is 2.05 bits per heavy atom. The molecule has 0 radical (unpaired) electrons. The zero-order valence-electron chi connectivity index (χ0n) is 12.3. The Kier molecular flexibility index (Phi) is 10.6. The highest BCUT2D eigenvalue weighted by molar-refractivity contribution is 14.0. The first-order valence-electron chi connectivity index (χ1n) is 6.61. The molecular formula is C14H22FIN4O. The lowest BCUT2D eigenvalue weighted by atomic mass is 10.2. The van der Waals surface area contributed by atoms with Crippen LogP contribution in [0, 0.1) is 5.82 Å². The summed E-state index contributed by atoms with van der Waals surface area (Å²) in [4.78, 5) is 15.4. The van der Waals surface area contributed by atoms with Gasteiger partial charge >= 0.3 is 0 Å². The van der Waals surface area contributed by atoms with E-state index >= 15 is 0 Å². The van der Waals surface area contributed by atoms with E-state index in [0.717, 1.165) is 12.0 Å². The smallest absolute Gasteiger partial charge is 0.239 e. The Bertz CT molecular complexity index is 468. The van der Waals surface area contributed by atoms with E-state index in [2.05, 4.69) is 20.9 Å². The number of hydrogen-bond acceptors (Lipinski definition) is 2. The Morgan fingerprint density at radius 1 is 1.29 bits per heavy atom. The maximum absolute atomic E-state index is 13.0. The molecule has 21 heavy (non-hydrogen) atoms. The first kappa shape index (κ1) is 19.6. The minimum atomic E-state index is -0.272. The predicted octanol–water partition coefficient (Wildman–Crippen LogP) is 1.63. The first-order valence-corrected chi connectivity index (χ1v) is 6.61. The summed E-state index contributed by atoms with van der Waals surface area (Å²) in [5.74, 6) is 0.146. The second-order valence-corrected chi connectivity index (χ2v) is 4.26. The fourth-order valence-corrected chi connectivity index (χ4v) is 1.54. The summed E-state index contributed by atoms with van der Waals surface area (Å²) in [6.45, 7) is 3.25. The summed E-state index contributed by atoms with van der Waals surface area (Å²) < 4.78 is 13.0. The number of rotatable bonds is 6. The van der Waals surface area contributed by atoms with Gasteiger partial charge in [-0.1, -0.05) is 19.1 Å². The molecule has 1 aromatic carbocycles. The Hall–Kier alpha value is -1.38. The minimum absolute atomic E-state index is 0. The third-order valence-electron chi connectivity index (χ3n) is 2.56. The summed E-state index contributed by atoms with van der Waals surface area (Å²) in [5, 5.41) is 8.67. The lowest BCUT2D eigenvalue weighted by molar-refractivity contribution is -0.120. The molecule has 5 nitrogen and oxygen atoms in total. The van der Waals surface area contributed by atoms with Gasteiger partial charge in [0.1, 0.15) is 5.82 Å². The first-order chi connectivity index (χ1) is 9.65. The van der Waals surface area contributed by atoms with Crippen LogP contribution in [0.25, 0.3) is 0 Å². The number of nitrogens with zero attached hydrogens (tertiary/aromatic N) is 1. The lowest BCUT2D eigenvalue weighted by Crippen LogP contribution is -2.43. The number of benzene rings is 1. The van der Waals surface area contributed by atoms with Crippen molar-refractivity contribution in [1.29, 1.82) is 0 Å². The molecule has 0 heterocycles. The summed E-state index contributed by atoms with van der Waals surface area (Å²) in [7, 11) is 1.62. The van der Waals surface area contributed by atoms with Crippen LogP contribution in [-0.2, 0) is 11.3 Å². The van der Waals surface area contributed by atoms with E-state index in [0.29, 0.717) is 19.0 Å². The van der Waals surface area contributed by atoms with Crippen molar-refractivity contribution < 1.29 is 9.18 Å². The molecule has 0 spiro atoms. The summed E-state index contributed by atoms with van der Waals surface area (Å²) in [6, 6.07) is 6.32. The summed E-state index contributed by atoms with van der Waals surface area (Å²) >= 11 is 0. The van der Waals surface area contributed by atoms with Crippen LogP contribution in [0.4, 0.5) is 4.39 Å². The number of nitrogens with one attached hydrogen (secondary N) is 3. The van der Waals surface area contributed by atoms with Gasteiger partial charge in [-0.15, -0.1) is 24.0 Å². The molecule has 0 saturated carbocycles. The van der Waals surface area contributed by atoms with Crippen LogP contribution in [0.1, 0.15) is 18.9 Å². The standard InChI is InChI=1S/C14H21FN4O.HI/c1-3-7-17-13(20)10-19-14(16-2)18-9-11-5-4-6-12(15)8-11;/h4-6,8H,3,7,9-10H2,1-2H3,(H,17,20)(H2,16,18,19);1H. The number of hydrogen-bond donors (Lipinski definition) is 3. The highest BCUT2D eigenvalue weighted by atomic mass is 127. The van der Waals surface area contributed by atoms with Gasteiger partial charge in [-0.05, 0) is 24.1 Å². The number of halogens is 2. The van der Waals surface area contributed by atoms with Gasteiger partial charge in [0.15, 0.2) is 5.96 Å². The normalized spacial score (nSPS) is 10.5. The molecule has 1 rings (SSSR count). The van der Waals surface area contributed by atoms with E-state index < -0.39 is 0 Å².